The summed E-state index contributed by atoms with van der Waals surface area (Å²) in [7, 11) is 0. The highest BCUT2D eigenvalue weighted by Crippen LogP contribution is 1.99. The second-order valence-electron chi connectivity index (χ2n) is 1.92. The lowest BCUT2D eigenvalue weighted by atomic mass is 10.3. The minimum Gasteiger partial charge on any atom is -0.304 e. The van der Waals surface area contributed by atoms with Crippen molar-refractivity contribution >= 4 is 0 Å². The van der Waals surface area contributed by atoms with Crippen molar-refractivity contribution in [2.45, 2.75) is 25.8 Å². The van der Waals surface area contributed by atoms with E-state index in [4.69, 9.17) is 0 Å². The molecule has 0 aromatic carbocycles. The highest BCUT2D eigenvalue weighted by molar-refractivity contribution is 4.62. The van der Waals surface area contributed by atoms with Crippen LogP contribution in [0.5, 0.6) is 0 Å². The van der Waals surface area contributed by atoms with Crippen molar-refractivity contribution in [1.29, 1.82) is 0 Å². The van der Waals surface area contributed by atoms with Crippen molar-refractivity contribution in [3.63, 3.8) is 0 Å². The maximum Gasteiger partial charge on any atom is 0.253 e. The van der Waals surface area contributed by atoms with E-state index in [1.807, 2.05) is 5.32 Å². The second kappa shape index (κ2) is 4.49. The van der Waals surface area contributed by atoms with Gasteiger partial charge in [0.15, 0.2) is 0 Å². The van der Waals surface area contributed by atoms with Crippen molar-refractivity contribution in [3.8, 4) is 0 Å². The lowest BCUT2D eigenvalue weighted by molar-refractivity contribution is 0.0862. The van der Waals surface area contributed by atoms with E-state index >= 15 is 0 Å². The monoisotopic (exact) mass is 159 g/mol. The van der Waals surface area contributed by atoms with E-state index in [1.165, 1.54) is 0 Å². The van der Waals surface area contributed by atoms with Gasteiger partial charge in [-0.2, -0.15) is 0 Å². The Hall–Kier alpha value is -0.320. The smallest absolute Gasteiger partial charge is 0.253 e. The zero-order valence-electron chi connectivity index (χ0n) is 5.45. The first-order valence-corrected chi connectivity index (χ1v) is 2.83. The molecular weight excluding hydrogens is 150 g/mol. The van der Waals surface area contributed by atoms with Crippen molar-refractivity contribution in [2.24, 2.45) is 0 Å². The van der Waals surface area contributed by atoms with E-state index in [2.05, 4.69) is 0 Å². The van der Waals surface area contributed by atoms with Gasteiger partial charge in [-0.3, -0.25) is 0 Å². The third kappa shape index (κ3) is 4.55. The third-order valence-electron chi connectivity index (χ3n) is 0.972. The van der Waals surface area contributed by atoms with Crippen LogP contribution in [0.1, 0.15) is 6.92 Å². The molecule has 1 N–H and O–H groups in total. The fourth-order valence-corrected chi connectivity index (χ4v) is 0.364. The van der Waals surface area contributed by atoms with Crippen LogP contribution >= 0.6 is 0 Å². The summed E-state index contributed by atoms with van der Waals surface area (Å²) >= 11 is 0. The summed E-state index contributed by atoms with van der Waals surface area (Å²) < 4.78 is 45.8. The molecule has 1 atom stereocenters. The average Bonchev–Trinajstić information content (AvgIpc) is 1.82. The Labute approximate surface area is 56.4 Å². The largest absolute Gasteiger partial charge is 0.304 e. The van der Waals surface area contributed by atoms with E-state index in [1.54, 1.807) is 0 Å². The zero-order chi connectivity index (χ0) is 8.15. The molecule has 0 spiro atoms. The van der Waals surface area contributed by atoms with E-state index in [0.717, 1.165) is 6.92 Å². The number of rotatable bonds is 4. The van der Waals surface area contributed by atoms with Crippen LogP contribution in [0.2, 0.25) is 0 Å². The van der Waals surface area contributed by atoms with Gasteiger partial charge in [0.2, 0.25) is 0 Å². The maximum absolute atomic E-state index is 11.6. The molecule has 10 heavy (non-hydrogen) atoms. The van der Waals surface area contributed by atoms with E-state index in [9.17, 15) is 17.6 Å². The second-order valence-corrected chi connectivity index (χ2v) is 1.92. The molecule has 0 rings (SSSR count). The van der Waals surface area contributed by atoms with Gasteiger partial charge in [0.1, 0.15) is 0 Å². The van der Waals surface area contributed by atoms with Crippen LogP contribution in [0.4, 0.5) is 17.6 Å². The Morgan fingerprint density at radius 1 is 1.20 bits per heavy atom. The van der Waals surface area contributed by atoms with Gasteiger partial charge in [0, 0.05) is 0 Å². The van der Waals surface area contributed by atoms with Crippen molar-refractivity contribution in [2.75, 3.05) is 6.54 Å². The summed E-state index contributed by atoms with van der Waals surface area (Å²) in [5.74, 6) is 0. The van der Waals surface area contributed by atoms with Gasteiger partial charge < -0.3 is 5.32 Å². The summed E-state index contributed by atoms with van der Waals surface area (Å²) in [4.78, 5) is 0. The molecule has 1 unspecified atom stereocenters. The highest BCUT2D eigenvalue weighted by atomic mass is 19.3. The summed E-state index contributed by atoms with van der Waals surface area (Å²) in [5, 5.41) is 1.98. The number of hydrogen-bond donors (Lipinski definition) is 1. The average molecular weight is 159 g/mol. The Kier molecular flexibility index (Phi) is 4.34. The Bertz CT molecular complexity index is 85.7. The number of halogens is 4. The molecule has 0 saturated carbocycles. The SMILES string of the molecule is CC(NCC(F)F)C(F)F. The molecule has 0 saturated heterocycles. The molecule has 0 amide bonds. The molecular formula is C5H9F4N. The molecule has 0 aliphatic rings. The van der Waals surface area contributed by atoms with Crippen LogP contribution in [0, 0.1) is 0 Å². The van der Waals surface area contributed by atoms with Gasteiger partial charge in [-0.25, -0.2) is 17.6 Å². The Morgan fingerprint density at radius 2 is 1.70 bits per heavy atom. The van der Waals surface area contributed by atoms with Crippen LogP contribution in [-0.2, 0) is 0 Å². The maximum atomic E-state index is 11.6. The van der Waals surface area contributed by atoms with Gasteiger partial charge in [-0.1, -0.05) is 0 Å². The predicted octanol–water partition coefficient (Wildman–Crippen LogP) is 1.49. The Balaban J connectivity index is 3.30. The van der Waals surface area contributed by atoms with Gasteiger partial charge in [0.05, 0.1) is 12.6 Å². The number of hydrogen-bond acceptors (Lipinski definition) is 1. The van der Waals surface area contributed by atoms with Crippen LogP contribution in [0.3, 0.4) is 0 Å². The molecule has 0 aliphatic heterocycles. The molecule has 0 radical (unpaired) electrons. The van der Waals surface area contributed by atoms with Crippen LogP contribution in [0.15, 0.2) is 0 Å². The summed E-state index contributed by atoms with van der Waals surface area (Å²) in [5.41, 5.74) is 0. The first-order chi connectivity index (χ1) is 4.54. The van der Waals surface area contributed by atoms with Gasteiger partial charge >= 0.3 is 0 Å². The topological polar surface area (TPSA) is 12.0 Å². The fourth-order valence-electron chi connectivity index (χ4n) is 0.364. The van der Waals surface area contributed by atoms with E-state index in [0.29, 0.717) is 0 Å². The van der Waals surface area contributed by atoms with Crippen LogP contribution in [-0.4, -0.2) is 25.4 Å². The molecule has 62 valence electrons. The standard InChI is InChI=1S/C5H9F4N/c1-3(5(8)9)10-2-4(6)7/h3-5,10H,2H2,1H3. The molecule has 0 aliphatic carbocycles. The quantitative estimate of drug-likeness (QED) is 0.613. The molecule has 0 aromatic heterocycles. The normalized spacial score (nSPS) is 14.7. The minimum atomic E-state index is -2.58. The molecule has 0 heterocycles. The molecule has 0 bridgehead atoms. The molecule has 0 fully saturated rings. The first kappa shape index (κ1) is 9.68. The summed E-state index contributed by atoms with van der Waals surface area (Å²) in [6.07, 6.45) is -5.15. The first-order valence-electron chi connectivity index (χ1n) is 2.83. The van der Waals surface area contributed by atoms with Crippen molar-refractivity contribution in [3.05, 3.63) is 0 Å². The van der Waals surface area contributed by atoms with Gasteiger partial charge in [-0.15, -0.1) is 0 Å². The molecule has 0 aromatic rings. The van der Waals surface area contributed by atoms with E-state index in [-0.39, 0.29) is 0 Å². The minimum absolute atomic E-state index is 0.675. The van der Waals surface area contributed by atoms with Crippen LogP contribution in [0.25, 0.3) is 0 Å². The third-order valence-corrected chi connectivity index (χ3v) is 0.972. The lowest BCUT2D eigenvalue weighted by Gasteiger charge is -2.11. The van der Waals surface area contributed by atoms with Crippen molar-refractivity contribution < 1.29 is 17.6 Å². The molecule has 1 nitrogen and oxygen atoms in total. The summed E-state index contributed by atoms with van der Waals surface area (Å²) in [6.45, 7) is 0.485. The number of alkyl halides is 4. The zero-order valence-corrected chi connectivity index (χ0v) is 5.45. The van der Waals surface area contributed by atoms with E-state index < -0.39 is 25.4 Å². The predicted molar refractivity (Wildman–Crippen MR) is 29.5 cm³/mol. The van der Waals surface area contributed by atoms with Gasteiger partial charge in [0.25, 0.3) is 12.9 Å². The fraction of sp³-hybridized carbons (Fsp3) is 1.00. The lowest BCUT2D eigenvalue weighted by Crippen LogP contribution is -2.35. The van der Waals surface area contributed by atoms with Gasteiger partial charge in [-0.05, 0) is 6.92 Å². The molecule has 5 heteroatoms. The van der Waals surface area contributed by atoms with Crippen molar-refractivity contribution in [1.82, 2.24) is 5.32 Å². The van der Waals surface area contributed by atoms with Crippen LogP contribution < -0.4 is 5.32 Å². The Morgan fingerprint density at radius 3 is 2.00 bits per heavy atom. The summed E-state index contributed by atoms with van der Waals surface area (Å²) in [6, 6.07) is -1.16. The number of nitrogens with one attached hydrogen (secondary N) is 1. The highest BCUT2D eigenvalue weighted by Gasteiger charge is 2.14.